The molecule has 8 nitrogen and oxygen atoms in total. The highest BCUT2D eigenvalue weighted by atomic mass is 16.4. The maximum Gasteiger partial charge on any atom is 0.337 e. The van der Waals surface area contributed by atoms with Crippen molar-refractivity contribution in [1.29, 1.82) is 0 Å². The fourth-order valence-corrected chi connectivity index (χ4v) is 2.32. The lowest BCUT2D eigenvalue weighted by Crippen LogP contribution is -2.48. The predicted octanol–water partition coefficient (Wildman–Crippen LogP) is 0.487. The Labute approximate surface area is 149 Å². The number of ketones is 1. The third-order valence-corrected chi connectivity index (χ3v) is 3.74. The second kappa shape index (κ2) is 8.32. The second-order valence-electron chi connectivity index (χ2n) is 5.66. The lowest BCUT2D eigenvalue weighted by Gasteiger charge is -2.19. The van der Waals surface area contributed by atoms with E-state index in [-0.39, 0.29) is 11.1 Å². The summed E-state index contributed by atoms with van der Waals surface area (Å²) in [5, 5.41) is 29.9. The van der Waals surface area contributed by atoms with Crippen molar-refractivity contribution in [2.45, 2.75) is 19.1 Å². The van der Waals surface area contributed by atoms with Crippen LogP contribution in [0.2, 0.25) is 0 Å². The lowest BCUT2D eigenvalue weighted by atomic mass is 10.0. The van der Waals surface area contributed by atoms with E-state index in [0.29, 0.717) is 11.1 Å². The summed E-state index contributed by atoms with van der Waals surface area (Å²) in [4.78, 5) is 38.7. The SMILES string of the molecule is C[C@@H](O)[C@H](NC(=O)c1ccc(-c2cncc(C(=O)O)c2)cc1)C(=O)CO. The van der Waals surface area contributed by atoms with Crippen LogP contribution >= 0.6 is 0 Å². The van der Waals surface area contributed by atoms with Gasteiger partial charge < -0.3 is 20.6 Å². The van der Waals surface area contributed by atoms with E-state index in [1.165, 1.54) is 37.5 Å². The number of hydrogen-bond acceptors (Lipinski definition) is 6. The molecule has 2 rings (SSSR count). The number of aliphatic hydroxyl groups excluding tert-OH is 2. The monoisotopic (exact) mass is 358 g/mol. The van der Waals surface area contributed by atoms with Gasteiger partial charge in [-0.2, -0.15) is 0 Å². The first-order chi connectivity index (χ1) is 12.3. The lowest BCUT2D eigenvalue weighted by molar-refractivity contribution is -0.125. The summed E-state index contributed by atoms with van der Waals surface area (Å²) in [5.74, 6) is -2.36. The average Bonchev–Trinajstić information content (AvgIpc) is 2.65. The minimum atomic E-state index is -1.20. The van der Waals surface area contributed by atoms with Gasteiger partial charge in [0.15, 0.2) is 5.78 Å². The Morgan fingerprint density at radius 2 is 1.73 bits per heavy atom. The van der Waals surface area contributed by atoms with E-state index in [1.54, 1.807) is 12.1 Å². The van der Waals surface area contributed by atoms with Gasteiger partial charge in [-0.1, -0.05) is 12.1 Å². The number of nitrogens with zero attached hydrogens (tertiary/aromatic N) is 1. The number of aromatic carboxylic acids is 1. The van der Waals surface area contributed by atoms with Crippen molar-refractivity contribution in [3.63, 3.8) is 0 Å². The summed E-state index contributed by atoms with van der Waals surface area (Å²) < 4.78 is 0. The molecule has 1 heterocycles. The standard InChI is InChI=1S/C18H18N2O6/c1-10(22)16(15(23)9-21)20-17(24)12-4-2-11(3-5-12)13-6-14(18(25)26)8-19-7-13/h2-8,10,16,21-22H,9H2,1H3,(H,20,24)(H,25,26)/t10-,16+/m1/s1. The number of rotatable bonds is 7. The van der Waals surface area contributed by atoms with E-state index in [1.807, 2.05) is 0 Å². The number of pyridine rings is 1. The molecule has 26 heavy (non-hydrogen) atoms. The normalized spacial score (nSPS) is 12.9. The highest BCUT2D eigenvalue weighted by molar-refractivity contribution is 5.98. The zero-order valence-electron chi connectivity index (χ0n) is 13.9. The van der Waals surface area contributed by atoms with Gasteiger partial charge >= 0.3 is 5.97 Å². The molecule has 0 unspecified atom stereocenters. The summed E-state index contributed by atoms with van der Waals surface area (Å²) in [6.07, 6.45) is 1.59. The van der Waals surface area contributed by atoms with Gasteiger partial charge in [-0.25, -0.2) is 4.79 Å². The zero-order valence-corrected chi connectivity index (χ0v) is 13.9. The molecule has 1 aromatic carbocycles. The highest BCUT2D eigenvalue weighted by Gasteiger charge is 2.25. The predicted molar refractivity (Wildman–Crippen MR) is 91.7 cm³/mol. The number of Topliss-reactive ketones (excluding diaryl/α,β-unsaturated/α-hetero) is 1. The molecule has 2 aromatic rings. The Bertz CT molecular complexity index is 817. The summed E-state index contributed by atoms with van der Waals surface area (Å²) in [7, 11) is 0. The maximum atomic E-state index is 12.2. The maximum absolute atomic E-state index is 12.2. The summed E-state index contributed by atoms with van der Waals surface area (Å²) in [6.45, 7) is 0.547. The molecule has 0 saturated heterocycles. The molecule has 0 fully saturated rings. The van der Waals surface area contributed by atoms with Gasteiger partial charge in [-0.15, -0.1) is 0 Å². The van der Waals surface area contributed by atoms with Crippen LogP contribution in [0.3, 0.4) is 0 Å². The van der Waals surface area contributed by atoms with Crippen LogP contribution < -0.4 is 5.32 Å². The summed E-state index contributed by atoms with van der Waals surface area (Å²) in [6, 6.07) is 6.49. The number of benzene rings is 1. The van der Waals surface area contributed by atoms with E-state index >= 15 is 0 Å². The molecular weight excluding hydrogens is 340 g/mol. The molecule has 1 amide bonds. The fraction of sp³-hybridized carbons (Fsp3) is 0.222. The molecule has 0 aliphatic rings. The molecule has 0 spiro atoms. The van der Waals surface area contributed by atoms with Gasteiger partial charge in [-0.3, -0.25) is 14.6 Å². The largest absolute Gasteiger partial charge is 0.478 e. The molecule has 136 valence electrons. The quantitative estimate of drug-likeness (QED) is 0.565. The van der Waals surface area contributed by atoms with Gasteiger partial charge in [0.2, 0.25) is 0 Å². The Hall–Kier alpha value is -3.10. The van der Waals surface area contributed by atoms with Crippen molar-refractivity contribution in [3.05, 3.63) is 53.9 Å². The second-order valence-corrected chi connectivity index (χ2v) is 5.66. The number of carboxylic acid groups (broad SMARTS) is 1. The third-order valence-electron chi connectivity index (χ3n) is 3.74. The molecule has 8 heteroatoms. The van der Waals surface area contributed by atoms with E-state index in [9.17, 15) is 19.5 Å². The smallest absolute Gasteiger partial charge is 0.337 e. The highest BCUT2D eigenvalue weighted by Crippen LogP contribution is 2.20. The van der Waals surface area contributed by atoms with Crippen molar-refractivity contribution in [2.75, 3.05) is 6.61 Å². The molecule has 0 aliphatic carbocycles. The van der Waals surface area contributed by atoms with Crippen LogP contribution in [0.5, 0.6) is 0 Å². The summed E-state index contributed by atoms with van der Waals surface area (Å²) >= 11 is 0. The number of amides is 1. The first-order valence-electron chi connectivity index (χ1n) is 7.74. The van der Waals surface area contributed by atoms with Crippen molar-refractivity contribution in [2.24, 2.45) is 0 Å². The molecule has 1 aromatic heterocycles. The molecule has 0 bridgehead atoms. The van der Waals surface area contributed by atoms with E-state index < -0.39 is 36.4 Å². The van der Waals surface area contributed by atoms with Crippen LogP contribution in [-0.2, 0) is 4.79 Å². The van der Waals surface area contributed by atoms with E-state index in [4.69, 9.17) is 10.2 Å². The van der Waals surface area contributed by atoms with Crippen LogP contribution in [0.1, 0.15) is 27.6 Å². The van der Waals surface area contributed by atoms with E-state index in [2.05, 4.69) is 10.3 Å². The molecule has 0 radical (unpaired) electrons. The topological polar surface area (TPSA) is 137 Å². The number of carboxylic acids is 1. The number of aromatic nitrogens is 1. The Kier molecular flexibility index (Phi) is 6.16. The number of hydrogen-bond donors (Lipinski definition) is 4. The summed E-state index contributed by atoms with van der Waals surface area (Å²) in [5.41, 5.74) is 1.53. The first kappa shape index (κ1) is 19.2. The van der Waals surface area contributed by atoms with Crippen molar-refractivity contribution >= 4 is 17.7 Å². The van der Waals surface area contributed by atoms with Crippen LogP contribution in [-0.4, -0.2) is 56.7 Å². The molecule has 0 saturated carbocycles. The minimum absolute atomic E-state index is 0.0478. The van der Waals surface area contributed by atoms with Gasteiger partial charge in [0.05, 0.1) is 11.7 Å². The minimum Gasteiger partial charge on any atom is -0.478 e. The van der Waals surface area contributed by atoms with Gasteiger partial charge in [-0.05, 0) is 30.7 Å². The molecular formula is C18H18N2O6. The van der Waals surface area contributed by atoms with Crippen LogP contribution in [0, 0.1) is 0 Å². The van der Waals surface area contributed by atoms with Gasteiger partial charge in [0.25, 0.3) is 5.91 Å². The number of carbonyl (C=O) groups is 3. The number of nitrogens with one attached hydrogen (secondary N) is 1. The third kappa shape index (κ3) is 4.50. The molecule has 0 aliphatic heterocycles. The Morgan fingerprint density at radius 3 is 2.27 bits per heavy atom. The van der Waals surface area contributed by atoms with Gasteiger partial charge in [0.1, 0.15) is 12.6 Å². The van der Waals surface area contributed by atoms with Crippen molar-refractivity contribution < 1.29 is 29.7 Å². The average molecular weight is 358 g/mol. The Morgan fingerprint density at radius 1 is 1.08 bits per heavy atom. The fourth-order valence-electron chi connectivity index (χ4n) is 2.32. The van der Waals surface area contributed by atoms with Crippen molar-refractivity contribution in [3.8, 4) is 11.1 Å². The van der Waals surface area contributed by atoms with Gasteiger partial charge in [0, 0.05) is 23.5 Å². The Balaban J connectivity index is 2.18. The van der Waals surface area contributed by atoms with Crippen LogP contribution in [0.15, 0.2) is 42.7 Å². The van der Waals surface area contributed by atoms with Crippen LogP contribution in [0.4, 0.5) is 0 Å². The number of aliphatic hydroxyl groups is 2. The van der Waals surface area contributed by atoms with Crippen LogP contribution in [0.25, 0.3) is 11.1 Å². The van der Waals surface area contributed by atoms with E-state index in [0.717, 1.165) is 0 Å². The molecule has 2 atom stereocenters. The first-order valence-corrected chi connectivity index (χ1v) is 7.74. The number of carbonyl (C=O) groups excluding carboxylic acids is 2. The van der Waals surface area contributed by atoms with Crippen molar-refractivity contribution in [1.82, 2.24) is 10.3 Å². The zero-order chi connectivity index (χ0) is 19.3. The molecule has 4 N–H and O–H groups in total.